The summed E-state index contributed by atoms with van der Waals surface area (Å²) in [4.78, 5) is 11.8. The first-order valence-corrected chi connectivity index (χ1v) is 8.24. The Morgan fingerprint density at radius 2 is 2.13 bits per heavy atom. The number of aliphatic carboxylic acids is 1. The van der Waals surface area contributed by atoms with Crippen LogP contribution in [-0.2, 0) is 11.2 Å². The van der Waals surface area contributed by atoms with E-state index in [0.717, 1.165) is 10.6 Å². The van der Waals surface area contributed by atoms with Crippen LogP contribution in [0.2, 0.25) is 5.02 Å². The second-order valence-corrected chi connectivity index (χ2v) is 6.44. The van der Waals surface area contributed by atoms with Gasteiger partial charge >= 0.3 is 5.97 Å². The molecule has 0 heterocycles. The Balaban J connectivity index is 2.30. The first-order valence-electron chi connectivity index (χ1n) is 6.88. The third-order valence-electron chi connectivity index (χ3n) is 2.90. The second-order valence-electron chi connectivity index (χ2n) is 4.67. The SMILES string of the molecule is CCSc1ccc(Oc2cc(Cl)cc(CC(=O)O)c2)c(C#N)c1. The van der Waals surface area contributed by atoms with Crippen molar-refractivity contribution < 1.29 is 14.6 Å². The smallest absolute Gasteiger partial charge is 0.307 e. The summed E-state index contributed by atoms with van der Waals surface area (Å²) in [6.45, 7) is 2.04. The lowest BCUT2D eigenvalue weighted by Gasteiger charge is -2.10. The summed E-state index contributed by atoms with van der Waals surface area (Å²) in [5, 5.41) is 18.5. The molecular weight excluding hydrogens is 334 g/mol. The number of rotatable bonds is 6. The number of hydrogen-bond acceptors (Lipinski definition) is 4. The van der Waals surface area contributed by atoms with Crippen molar-refractivity contribution in [3.63, 3.8) is 0 Å². The molecule has 1 N–H and O–H groups in total. The lowest BCUT2D eigenvalue weighted by atomic mass is 10.1. The van der Waals surface area contributed by atoms with Crippen molar-refractivity contribution in [2.45, 2.75) is 18.2 Å². The molecular formula is C17H14ClNO3S. The van der Waals surface area contributed by atoms with E-state index in [4.69, 9.17) is 21.4 Å². The van der Waals surface area contributed by atoms with Crippen LogP contribution in [0.5, 0.6) is 11.5 Å². The van der Waals surface area contributed by atoms with Gasteiger partial charge in [0.2, 0.25) is 0 Å². The first-order chi connectivity index (χ1) is 11.0. The van der Waals surface area contributed by atoms with Gasteiger partial charge in [0.15, 0.2) is 0 Å². The van der Waals surface area contributed by atoms with Crippen molar-refractivity contribution in [3.05, 3.63) is 52.5 Å². The molecule has 2 aromatic rings. The number of hydrogen-bond donors (Lipinski definition) is 1. The van der Waals surface area contributed by atoms with Crippen LogP contribution in [0.25, 0.3) is 0 Å². The Labute approximate surface area is 143 Å². The fourth-order valence-corrected chi connectivity index (χ4v) is 2.97. The predicted molar refractivity (Wildman–Crippen MR) is 90.4 cm³/mol. The van der Waals surface area contributed by atoms with Gasteiger partial charge < -0.3 is 9.84 Å². The standard InChI is InChI=1S/C17H14ClNO3S/c1-2-23-15-3-4-16(12(8-15)10-19)22-14-6-11(7-17(20)21)5-13(18)9-14/h3-6,8-9H,2,7H2,1H3,(H,20,21). The maximum atomic E-state index is 10.8. The van der Waals surface area contributed by atoms with Crippen LogP contribution < -0.4 is 4.74 Å². The van der Waals surface area contributed by atoms with Crippen LogP contribution in [-0.4, -0.2) is 16.8 Å². The summed E-state index contributed by atoms with van der Waals surface area (Å²) in [6, 6.07) is 12.3. The van der Waals surface area contributed by atoms with Crippen molar-refractivity contribution in [3.8, 4) is 17.6 Å². The fourth-order valence-electron chi connectivity index (χ4n) is 2.03. The lowest BCUT2D eigenvalue weighted by Crippen LogP contribution is -2.00. The van der Waals surface area contributed by atoms with E-state index in [0.29, 0.717) is 27.6 Å². The topological polar surface area (TPSA) is 70.3 Å². The number of ether oxygens (including phenoxy) is 1. The molecule has 6 heteroatoms. The molecule has 0 radical (unpaired) electrons. The van der Waals surface area contributed by atoms with Crippen molar-refractivity contribution in [2.24, 2.45) is 0 Å². The van der Waals surface area contributed by atoms with E-state index in [9.17, 15) is 10.1 Å². The van der Waals surface area contributed by atoms with Gasteiger partial charge in [-0.05, 0) is 47.7 Å². The van der Waals surface area contributed by atoms with Gasteiger partial charge in [-0.3, -0.25) is 4.79 Å². The molecule has 2 rings (SSSR count). The molecule has 0 fully saturated rings. The Bertz CT molecular complexity index is 771. The number of nitriles is 1. The van der Waals surface area contributed by atoms with Crippen molar-refractivity contribution in [2.75, 3.05) is 5.75 Å². The molecule has 0 aromatic heterocycles. The van der Waals surface area contributed by atoms with Gasteiger partial charge in [0, 0.05) is 9.92 Å². The quantitative estimate of drug-likeness (QED) is 0.764. The highest BCUT2D eigenvalue weighted by Gasteiger charge is 2.09. The second kappa shape index (κ2) is 7.91. The summed E-state index contributed by atoms with van der Waals surface area (Å²) >= 11 is 7.64. The molecule has 23 heavy (non-hydrogen) atoms. The van der Waals surface area contributed by atoms with Gasteiger partial charge in [0.05, 0.1) is 12.0 Å². The molecule has 0 aliphatic heterocycles. The van der Waals surface area contributed by atoms with E-state index in [1.807, 2.05) is 13.0 Å². The zero-order valence-electron chi connectivity index (χ0n) is 12.4. The molecule has 0 atom stereocenters. The van der Waals surface area contributed by atoms with Crippen LogP contribution in [0.15, 0.2) is 41.3 Å². The summed E-state index contributed by atoms with van der Waals surface area (Å²) in [6.07, 6.45) is -0.145. The summed E-state index contributed by atoms with van der Waals surface area (Å²) in [5.74, 6) is 0.785. The highest BCUT2D eigenvalue weighted by atomic mass is 35.5. The zero-order valence-corrected chi connectivity index (χ0v) is 13.9. The third kappa shape index (κ3) is 4.92. The summed E-state index contributed by atoms with van der Waals surface area (Å²) in [5.41, 5.74) is 0.958. The monoisotopic (exact) mass is 347 g/mol. The van der Waals surface area contributed by atoms with E-state index >= 15 is 0 Å². The van der Waals surface area contributed by atoms with E-state index < -0.39 is 5.97 Å². The van der Waals surface area contributed by atoms with Crippen LogP contribution >= 0.6 is 23.4 Å². The van der Waals surface area contributed by atoms with Gasteiger partial charge in [-0.1, -0.05) is 18.5 Å². The van der Waals surface area contributed by atoms with E-state index in [2.05, 4.69) is 6.07 Å². The van der Waals surface area contributed by atoms with Crippen molar-refractivity contribution >= 4 is 29.3 Å². The van der Waals surface area contributed by atoms with Gasteiger partial charge in [-0.25, -0.2) is 0 Å². The van der Waals surface area contributed by atoms with Gasteiger partial charge in [0.25, 0.3) is 0 Å². The van der Waals surface area contributed by atoms with Gasteiger partial charge in [-0.2, -0.15) is 5.26 Å². The van der Waals surface area contributed by atoms with Gasteiger partial charge in [0.1, 0.15) is 17.6 Å². The number of carbonyl (C=O) groups is 1. The van der Waals surface area contributed by atoms with Crippen LogP contribution in [0.1, 0.15) is 18.1 Å². The number of nitrogens with zero attached hydrogens (tertiary/aromatic N) is 1. The number of thioether (sulfide) groups is 1. The zero-order chi connectivity index (χ0) is 16.8. The minimum Gasteiger partial charge on any atom is -0.481 e. The van der Waals surface area contributed by atoms with Crippen LogP contribution in [0.3, 0.4) is 0 Å². The Morgan fingerprint density at radius 3 is 2.78 bits per heavy atom. The van der Waals surface area contributed by atoms with Gasteiger partial charge in [-0.15, -0.1) is 11.8 Å². The average Bonchev–Trinajstić information content (AvgIpc) is 2.47. The Morgan fingerprint density at radius 1 is 1.35 bits per heavy atom. The maximum absolute atomic E-state index is 10.8. The van der Waals surface area contributed by atoms with Crippen molar-refractivity contribution in [1.29, 1.82) is 5.26 Å². The molecule has 0 aliphatic rings. The number of carboxylic acid groups (broad SMARTS) is 1. The minimum atomic E-state index is -0.947. The molecule has 2 aromatic carbocycles. The predicted octanol–water partition coefficient (Wildman–Crippen LogP) is 4.74. The maximum Gasteiger partial charge on any atom is 0.307 e. The third-order valence-corrected chi connectivity index (χ3v) is 3.99. The molecule has 0 bridgehead atoms. The fraction of sp³-hybridized carbons (Fsp3) is 0.176. The largest absolute Gasteiger partial charge is 0.481 e. The molecule has 118 valence electrons. The highest BCUT2D eigenvalue weighted by Crippen LogP contribution is 2.31. The van der Waals surface area contributed by atoms with E-state index in [1.54, 1.807) is 42.1 Å². The summed E-state index contributed by atoms with van der Waals surface area (Å²) in [7, 11) is 0. The van der Waals surface area contributed by atoms with E-state index in [-0.39, 0.29) is 6.42 Å². The first kappa shape index (κ1) is 17.2. The van der Waals surface area contributed by atoms with E-state index in [1.165, 1.54) is 0 Å². The number of benzene rings is 2. The molecule has 0 saturated carbocycles. The molecule has 0 saturated heterocycles. The number of halogens is 1. The average molecular weight is 348 g/mol. The minimum absolute atomic E-state index is 0.145. The molecule has 0 amide bonds. The highest BCUT2D eigenvalue weighted by molar-refractivity contribution is 7.99. The summed E-state index contributed by atoms with van der Waals surface area (Å²) < 4.78 is 5.73. The number of carboxylic acids is 1. The van der Waals surface area contributed by atoms with Crippen molar-refractivity contribution in [1.82, 2.24) is 0 Å². The lowest BCUT2D eigenvalue weighted by molar-refractivity contribution is -0.136. The Hall–Kier alpha value is -2.16. The molecule has 0 aliphatic carbocycles. The van der Waals surface area contributed by atoms with Crippen LogP contribution in [0.4, 0.5) is 0 Å². The van der Waals surface area contributed by atoms with Crippen LogP contribution in [0, 0.1) is 11.3 Å². The molecule has 4 nitrogen and oxygen atoms in total. The Kier molecular flexibility index (Phi) is 5.91. The molecule has 0 spiro atoms. The normalized spacial score (nSPS) is 10.1. The molecule has 0 unspecified atom stereocenters.